The first kappa shape index (κ1) is 15.9. The Morgan fingerprint density at radius 1 is 1.19 bits per heavy atom. The summed E-state index contributed by atoms with van der Waals surface area (Å²) >= 11 is 3.47. The Kier molecular flexibility index (Phi) is 5.70. The number of hydrogen-bond donors (Lipinski definition) is 1. The van der Waals surface area contributed by atoms with Gasteiger partial charge in [0.15, 0.2) is 5.82 Å². The van der Waals surface area contributed by atoms with Crippen LogP contribution in [0.1, 0.15) is 43.5 Å². The van der Waals surface area contributed by atoms with Crippen LogP contribution in [0.2, 0.25) is 0 Å². The maximum Gasteiger partial charge on any atom is 0.164 e. The summed E-state index contributed by atoms with van der Waals surface area (Å²) in [6.07, 6.45) is 1.56. The molecule has 0 saturated carbocycles. The van der Waals surface area contributed by atoms with Crippen LogP contribution in [0.5, 0.6) is 0 Å². The maximum absolute atomic E-state index is 6.01. The van der Waals surface area contributed by atoms with Gasteiger partial charge in [-0.25, -0.2) is 9.97 Å². The van der Waals surface area contributed by atoms with Crippen molar-refractivity contribution in [2.75, 3.05) is 12.3 Å². The van der Waals surface area contributed by atoms with Crippen LogP contribution in [-0.2, 0) is 11.2 Å². The second-order valence-electron chi connectivity index (χ2n) is 4.72. The number of aromatic nitrogens is 2. The van der Waals surface area contributed by atoms with Gasteiger partial charge in [0, 0.05) is 6.61 Å². The standard InChI is InChI=1S/C16H20BrN3O/c1-3-8-12-13(17)15(18)20-16(19-12)14(21-4-2)11-9-6-5-7-10-11/h5-7,9-10,14H,3-4,8H2,1-2H3,(H2,18,19,20). The smallest absolute Gasteiger partial charge is 0.164 e. The lowest BCUT2D eigenvalue weighted by Gasteiger charge is -2.18. The van der Waals surface area contributed by atoms with Crippen LogP contribution in [0.3, 0.4) is 0 Å². The molecule has 0 spiro atoms. The normalized spacial score (nSPS) is 12.3. The molecular weight excluding hydrogens is 330 g/mol. The molecule has 0 radical (unpaired) electrons. The van der Waals surface area contributed by atoms with Crippen LogP contribution in [0.15, 0.2) is 34.8 Å². The second kappa shape index (κ2) is 7.52. The molecule has 0 aliphatic heterocycles. The van der Waals surface area contributed by atoms with Crippen LogP contribution in [0.25, 0.3) is 0 Å². The summed E-state index contributed by atoms with van der Waals surface area (Å²) in [4.78, 5) is 9.06. The first-order chi connectivity index (χ1) is 10.2. The zero-order valence-electron chi connectivity index (χ0n) is 12.3. The Balaban J connectivity index is 2.45. The number of rotatable bonds is 6. The third-order valence-corrected chi connectivity index (χ3v) is 3.98. The number of nitrogens with two attached hydrogens (primary N) is 1. The van der Waals surface area contributed by atoms with E-state index in [1.165, 1.54) is 0 Å². The van der Waals surface area contributed by atoms with Crippen molar-refractivity contribution < 1.29 is 4.74 Å². The number of aryl methyl sites for hydroxylation is 1. The number of anilines is 1. The number of halogens is 1. The Hall–Kier alpha value is -1.46. The van der Waals surface area contributed by atoms with E-state index in [2.05, 4.69) is 32.8 Å². The first-order valence-corrected chi connectivity index (χ1v) is 7.95. The van der Waals surface area contributed by atoms with Crippen LogP contribution >= 0.6 is 15.9 Å². The minimum Gasteiger partial charge on any atom is -0.383 e. The summed E-state index contributed by atoms with van der Waals surface area (Å²) in [6, 6.07) is 9.97. The molecule has 1 unspecified atom stereocenters. The van der Waals surface area contributed by atoms with Crippen LogP contribution in [0, 0.1) is 0 Å². The SMILES string of the molecule is CCCc1nc(C(OCC)c2ccccc2)nc(N)c1Br. The van der Waals surface area contributed by atoms with Crippen molar-refractivity contribution in [3.05, 3.63) is 51.9 Å². The largest absolute Gasteiger partial charge is 0.383 e. The molecule has 4 nitrogen and oxygen atoms in total. The van der Waals surface area contributed by atoms with Gasteiger partial charge in [-0.3, -0.25) is 0 Å². The molecule has 0 saturated heterocycles. The highest BCUT2D eigenvalue weighted by Crippen LogP contribution is 2.28. The molecule has 0 amide bonds. The van der Waals surface area contributed by atoms with Gasteiger partial charge < -0.3 is 10.5 Å². The molecule has 1 atom stereocenters. The third-order valence-electron chi connectivity index (χ3n) is 3.12. The van der Waals surface area contributed by atoms with E-state index >= 15 is 0 Å². The monoisotopic (exact) mass is 349 g/mol. The van der Waals surface area contributed by atoms with Crippen LogP contribution in [-0.4, -0.2) is 16.6 Å². The first-order valence-electron chi connectivity index (χ1n) is 7.15. The van der Waals surface area contributed by atoms with Crippen LogP contribution in [0.4, 0.5) is 5.82 Å². The van der Waals surface area contributed by atoms with E-state index in [1.54, 1.807) is 0 Å². The van der Waals surface area contributed by atoms with Crippen molar-refractivity contribution in [1.82, 2.24) is 9.97 Å². The molecule has 0 bridgehead atoms. The molecule has 2 N–H and O–H groups in total. The van der Waals surface area contributed by atoms with Gasteiger partial charge in [-0.2, -0.15) is 0 Å². The highest BCUT2D eigenvalue weighted by molar-refractivity contribution is 9.10. The quantitative estimate of drug-likeness (QED) is 0.858. The topological polar surface area (TPSA) is 61.0 Å². The molecule has 2 rings (SSSR count). The van der Waals surface area contributed by atoms with E-state index in [-0.39, 0.29) is 6.10 Å². The molecule has 2 aromatic rings. The van der Waals surface area contributed by atoms with Gasteiger partial charge in [0.1, 0.15) is 11.9 Å². The Morgan fingerprint density at radius 3 is 2.52 bits per heavy atom. The highest BCUT2D eigenvalue weighted by atomic mass is 79.9. The van der Waals surface area contributed by atoms with Gasteiger partial charge in [-0.15, -0.1) is 0 Å². The lowest BCUT2D eigenvalue weighted by molar-refractivity contribution is 0.0850. The average molecular weight is 350 g/mol. The van der Waals surface area contributed by atoms with E-state index in [9.17, 15) is 0 Å². The Bertz CT molecular complexity index is 590. The summed E-state index contributed by atoms with van der Waals surface area (Å²) in [5.74, 6) is 1.08. The predicted molar refractivity (Wildman–Crippen MR) is 88.1 cm³/mol. The van der Waals surface area contributed by atoms with Crippen LogP contribution < -0.4 is 5.73 Å². The minimum absolute atomic E-state index is 0.290. The van der Waals surface area contributed by atoms with Gasteiger partial charge in [-0.05, 0) is 34.8 Å². The Morgan fingerprint density at radius 2 is 1.90 bits per heavy atom. The number of hydrogen-bond acceptors (Lipinski definition) is 4. The molecule has 112 valence electrons. The van der Waals surface area contributed by atoms with Gasteiger partial charge in [0.25, 0.3) is 0 Å². The minimum atomic E-state index is -0.290. The summed E-state index contributed by atoms with van der Waals surface area (Å²) in [5.41, 5.74) is 7.97. The van der Waals surface area contributed by atoms with Crippen molar-refractivity contribution in [3.63, 3.8) is 0 Å². The van der Waals surface area contributed by atoms with Crippen molar-refractivity contribution in [2.24, 2.45) is 0 Å². The average Bonchev–Trinajstić information content (AvgIpc) is 2.50. The van der Waals surface area contributed by atoms with Gasteiger partial charge in [0.2, 0.25) is 0 Å². The fraction of sp³-hybridized carbons (Fsp3) is 0.375. The highest BCUT2D eigenvalue weighted by Gasteiger charge is 2.20. The van der Waals surface area contributed by atoms with Gasteiger partial charge in [-0.1, -0.05) is 43.7 Å². The van der Waals surface area contributed by atoms with E-state index in [1.807, 2.05) is 37.3 Å². The molecule has 1 heterocycles. The number of ether oxygens (including phenoxy) is 1. The summed E-state index contributed by atoms with van der Waals surface area (Å²) in [5, 5.41) is 0. The fourth-order valence-electron chi connectivity index (χ4n) is 2.17. The lowest BCUT2D eigenvalue weighted by atomic mass is 10.1. The van der Waals surface area contributed by atoms with Crippen molar-refractivity contribution in [2.45, 2.75) is 32.8 Å². The fourth-order valence-corrected chi connectivity index (χ4v) is 2.54. The number of nitrogens with zero attached hydrogens (tertiary/aromatic N) is 2. The van der Waals surface area contributed by atoms with E-state index in [0.717, 1.165) is 28.6 Å². The maximum atomic E-state index is 6.01. The predicted octanol–water partition coefficient (Wildman–Crippen LogP) is 3.90. The summed E-state index contributed by atoms with van der Waals surface area (Å²) < 4.78 is 6.63. The summed E-state index contributed by atoms with van der Waals surface area (Å²) in [6.45, 7) is 4.66. The Labute approximate surface area is 133 Å². The van der Waals surface area contributed by atoms with Crippen molar-refractivity contribution in [3.8, 4) is 0 Å². The zero-order chi connectivity index (χ0) is 15.2. The van der Waals surface area contributed by atoms with Crippen molar-refractivity contribution >= 4 is 21.7 Å². The molecule has 1 aromatic heterocycles. The molecule has 0 aliphatic rings. The number of benzene rings is 1. The van der Waals surface area contributed by atoms with E-state index in [0.29, 0.717) is 18.2 Å². The number of nitrogen functional groups attached to an aromatic ring is 1. The second-order valence-corrected chi connectivity index (χ2v) is 5.52. The van der Waals surface area contributed by atoms with Crippen molar-refractivity contribution in [1.29, 1.82) is 0 Å². The zero-order valence-corrected chi connectivity index (χ0v) is 13.9. The molecule has 1 aromatic carbocycles. The van der Waals surface area contributed by atoms with E-state index < -0.39 is 0 Å². The molecule has 21 heavy (non-hydrogen) atoms. The van der Waals surface area contributed by atoms with Gasteiger partial charge in [0.05, 0.1) is 10.2 Å². The molecular formula is C16H20BrN3O. The third kappa shape index (κ3) is 3.80. The molecule has 0 aliphatic carbocycles. The molecule has 5 heteroatoms. The lowest BCUT2D eigenvalue weighted by Crippen LogP contribution is -2.14. The van der Waals surface area contributed by atoms with Gasteiger partial charge >= 0.3 is 0 Å². The summed E-state index contributed by atoms with van der Waals surface area (Å²) in [7, 11) is 0. The van der Waals surface area contributed by atoms with E-state index in [4.69, 9.17) is 10.5 Å². The molecule has 0 fully saturated rings.